The van der Waals surface area contributed by atoms with Crippen LogP contribution in [-0.2, 0) is 0 Å². The van der Waals surface area contributed by atoms with Crippen molar-refractivity contribution in [3.05, 3.63) is 24.5 Å². The van der Waals surface area contributed by atoms with E-state index >= 15 is 0 Å². The van der Waals surface area contributed by atoms with E-state index in [1.165, 1.54) is 13.8 Å². The van der Waals surface area contributed by atoms with Crippen LogP contribution in [0.15, 0.2) is 13.4 Å². The Morgan fingerprint density at radius 3 is 1.50 bits per heavy atom. The SMILES string of the molecule is CC(O)NC(=O)c1c(Br)c(N)c(Br)c(C(=O)NC(C)O)c1Br. The molecular weight excluding hydrogens is 490 g/mol. The van der Waals surface area contributed by atoms with Crippen molar-refractivity contribution in [1.29, 1.82) is 0 Å². The van der Waals surface area contributed by atoms with Gasteiger partial charge in [0.05, 0.1) is 25.8 Å². The molecular formula is C12H14Br3N3O4. The van der Waals surface area contributed by atoms with E-state index < -0.39 is 24.3 Å². The summed E-state index contributed by atoms with van der Waals surface area (Å²) in [6.07, 6.45) is -2.16. The van der Waals surface area contributed by atoms with Crippen molar-refractivity contribution in [2.45, 2.75) is 26.3 Å². The number of nitrogens with one attached hydrogen (secondary N) is 2. The molecule has 10 heteroatoms. The quantitative estimate of drug-likeness (QED) is 0.316. The van der Waals surface area contributed by atoms with E-state index in [2.05, 4.69) is 58.4 Å². The first kappa shape index (κ1) is 19.4. The Labute approximate surface area is 152 Å². The molecule has 7 nitrogen and oxygen atoms in total. The Kier molecular flexibility index (Phi) is 6.81. The minimum Gasteiger partial charge on any atom is -0.397 e. The van der Waals surface area contributed by atoms with Gasteiger partial charge >= 0.3 is 0 Å². The molecule has 6 N–H and O–H groups in total. The van der Waals surface area contributed by atoms with Crippen LogP contribution in [-0.4, -0.2) is 34.5 Å². The molecule has 122 valence electrons. The number of amides is 2. The van der Waals surface area contributed by atoms with Gasteiger partial charge in [0.25, 0.3) is 11.8 Å². The van der Waals surface area contributed by atoms with Gasteiger partial charge in [-0.3, -0.25) is 9.59 Å². The standard InChI is InChI=1S/C12H14Br3N3O4/c1-3(19)17-11(21)5-7(13)6(12(22)18-4(2)20)9(15)10(16)8(5)14/h3-4,19-20H,16H2,1-2H3,(H,17,21)(H,18,22). The molecule has 2 amide bonds. The maximum Gasteiger partial charge on any atom is 0.255 e. The third-order valence-corrected chi connectivity index (χ3v) is 4.93. The lowest BCUT2D eigenvalue weighted by Crippen LogP contribution is -2.35. The number of hydrogen-bond acceptors (Lipinski definition) is 5. The summed E-state index contributed by atoms with van der Waals surface area (Å²) in [5.41, 5.74) is 6.13. The minimum absolute atomic E-state index is 0.0531. The average Bonchev–Trinajstić information content (AvgIpc) is 2.34. The Bertz CT molecular complexity index is 571. The van der Waals surface area contributed by atoms with Gasteiger partial charge in [-0.05, 0) is 61.6 Å². The van der Waals surface area contributed by atoms with E-state index in [1.807, 2.05) is 0 Å². The van der Waals surface area contributed by atoms with E-state index in [-0.39, 0.29) is 30.2 Å². The third-order valence-electron chi connectivity index (χ3n) is 2.48. The van der Waals surface area contributed by atoms with Crippen LogP contribution in [0.25, 0.3) is 0 Å². The van der Waals surface area contributed by atoms with Crippen molar-refractivity contribution in [1.82, 2.24) is 10.6 Å². The lowest BCUT2D eigenvalue weighted by Gasteiger charge is -2.18. The third kappa shape index (κ3) is 4.19. The summed E-state index contributed by atoms with van der Waals surface area (Å²) in [4.78, 5) is 24.3. The molecule has 1 rings (SSSR count). The van der Waals surface area contributed by atoms with Gasteiger partial charge in [-0.2, -0.15) is 0 Å². The highest BCUT2D eigenvalue weighted by Crippen LogP contribution is 2.40. The predicted octanol–water partition coefficient (Wildman–Crippen LogP) is 1.69. The molecule has 22 heavy (non-hydrogen) atoms. The number of carbonyl (C=O) groups is 2. The highest BCUT2D eigenvalue weighted by molar-refractivity contribution is 9.11. The van der Waals surface area contributed by atoms with Crippen LogP contribution >= 0.6 is 47.8 Å². The molecule has 0 saturated carbocycles. The van der Waals surface area contributed by atoms with Crippen molar-refractivity contribution in [2.75, 3.05) is 5.73 Å². The zero-order valence-electron chi connectivity index (χ0n) is 11.6. The Morgan fingerprint density at radius 2 is 1.23 bits per heavy atom. The molecule has 2 atom stereocenters. The Morgan fingerprint density at radius 1 is 0.909 bits per heavy atom. The number of hydrogen-bond donors (Lipinski definition) is 5. The van der Waals surface area contributed by atoms with E-state index in [4.69, 9.17) is 5.73 Å². The van der Waals surface area contributed by atoms with Crippen molar-refractivity contribution in [3.8, 4) is 0 Å². The largest absolute Gasteiger partial charge is 0.397 e. The molecule has 0 radical (unpaired) electrons. The smallest absolute Gasteiger partial charge is 0.255 e. The highest BCUT2D eigenvalue weighted by Gasteiger charge is 2.27. The number of nitrogen functional groups attached to an aromatic ring is 1. The normalized spacial score (nSPS) is 13.4. The monoisotopic (exact) mass is 501 g/mol. The molecule has 1 aromatic rings. The fraction of sp³-hybridized carbons (Fsp3) is 0.333. The first-order valence-electron chi connectivity index (χ1n) is 6.01. The van der Waals surface area contributed by atoms with Gasteiger partial charge in [0.15, 0.2) is 0 Å². The van der Waals surface area contributed by atoms with Crippen LogP contribution < -0.4 is 16.4 Å². The molecule has 0 fully saturated rings. The highest BCUT2D eigenvalue weighted by atomic mass is 79.9. The number of aliphatic hydroxyl groups excluding tert-OH is 2. The molecule has 0 heterocycles. The minimum atomic E-state index is -1.08. The predicted molar refractivity (Wildman–Crippen MR) is 92.2 cm³/mol. The molecule has 0 bridgehead atoms. The lowest BCUT2D eigenvalue weighted by atomic mass is 10.1. The van der Waals surface area contributed by atoms with E-state index in [1.54, 1.807) is 0 Å². The molecule has 2 unspecified atom stereocenters. The van der Waals surface area contributed by atoms with Gasteiger partial charge in [-0.25, -0.2) is 0 Å². The number of benzene rings is 1. The molecule has 1 aromatic carbocycles. The Hall–Kier alpha value is -0.680. The second-order valence-electron chi connectivity index (χ2n) is 4.40. The van der Waals surface area contributed by atoms with Crippen molar-refractivity contribution in [2.24, 2.45) is 0 Å². The maximum absolute atomic E-state index is 12.2. The molecule has 0 aromatic heterocycles. The number of nitrogens with two attached hydrogens (primary N) is 1. The first-order chi connectivity index (χ1) is 10.1. The van der Waals surface area contributed by atoms with E-state index in [0.29, 0.717) is 0 Å². The van der Waals surface area contributed by atoms with Gasteiger partial charge in [-0.1, -0.05) is 0 Å². The summed E-state index contributed by atoms with van der Waals surface area (Å²) in [5.74, 6) is -1.25. The number of aliphatic hydroxyl groups is 2. The van der Waals surface area contributed by atoms with E-state index in [0.717, 1.165) is 0 Å². The number of anilines is 1. The fourth-order valence-corrected chi connectivity index (χ4v) is 4.31. The summed E-state index contributed by atoms with van der Waals surface area (Å²) in [6.45, 7) is 2.76. The number of carbonyl (C=O) groups excluding carboxylic acids is 2. The summed E-state index contributed by atoms with van der Waals surface area (Å²) >= 11 is 9.59. The van der Waals surface area contributed by atoms with Crippen LogP contribution in [0.4, 0.5) is 5.69 Å². The van der Waals surface area contributed by atoms with Gasteiger partial charge in [0, 0.05) is 4.47 Å². The van der Waals surface area contributed by atoms with Crippen molar-refractivity contribution < 1.29 is 19.8 Å². The molecule has 0 aliphatic rings. The van der Waals surface area contributed by atoms with Crippen LogP contribution in [0.2, 0.25) is 0 Å². The zero-order valence-corrected chi connectivity index (χ0v) is 16.3. The van der Waals surface area contributed by atoms with E-state index in [9.17, 15) is 19.8 Å². The molecule has 0 spiro atoms. The number of rotatable bonds is 4. The Balaban J connectivity index is 3.50. The second-order valence-corrected chi connectivity index (χ2v) is 6.78. The van der Waals surface area contributed by atoms with Crippen LogP contribution in [0.3, 0.4) is 0 Å². The van der Waals surface area contributed by atoms with Crippen molar-refractivity contribution >= 4 is 65.3 Å². The summed E-state index contributed by atoms with van der Waals surface area (Å²) in [5, 5.41) is 23.1. The zero-order chi connectivity index (χ0) is 17.2. The molecule has 0 saturated heterocycles. The topological polar surface area (TPSA) is 125 Å². The maximum atomic E-state index is 12.2. The fourth-order valence-electron chi connectivity index (χ4n) is 1.61. The van der Waals surface area contributed by atoms with Crippen LogP contribution in [0.5, 0.6) is 0 Å². The summed E-state index contributed by atoms with van der Waals surface area (Å²) < 4.78 is 0.688. The second kappa shape index (κ2) is 7.73. The summed E-state index contributed by atoms with van der Waals surface area (Å²) in [6, 6.07) is 0. The first-order valence-corrected chi connectivity index (χ1v) is 8.39. The molecule has 0 aliphatic heterocycles. The molecule has 0 aliphatic carbocycles. The van der Waals surface area contributed by atoms with Crippen LogP contribution in [0.1, 0.15) is 34.6 Å². The van der Waals surface area contributed by atoms with Gasteiger partial charge in [0.1, 0.15) is 12.5 Å². The van der Waals surface area contributed by atoms with Gasteiger partial charge in [-0.15, -0.1) is 0 Å². The average molecular weight is 504 g/mol. The van der Waals surface area contributed by atoms with Crippen molar-refractivity contribution in [3.63, 3.8) is 0 Å². The number of halogens is 3. The summed E-state index contributed by atoms with van der Waals surface area (Å²) in [7, 11) is 0. The lowest BCUT2D eigenvalue weighted by molar-refractivity contribution is 0.0814. The van der Waals surface area contributed by atoms with Gasteiger partial charge < -0.3 is 26.6 Å². The van der Waals surface area contributed by atoms with Crippen LogP contribution in [0, 0.1) is 0 Å². The van der Waals surface area contributed by atoms with Gasteiger partial charge in [0.2, 0.25) is 0 Å².